The number of hydrogen-bond donors (Lipinski definition) is 7. The molecule has 0 fully saturated rings. The summed E-state index contributed by atoms with van der Waals surface area (Å²) in [7, 11) is -3.27. The van der Waals surface area contributed by atoms with E-state index in [0.29, 0.717) is 0 Å². The van der Waals surface area contributed by atoms with Gasteiger partial charge in [0.1, 0.15) is 6.10 Å². The molecule has 2 aromatic heterocycles. The quantitative estimate of drug-likeness (QED) is 0.177. The monoisotopic (exact) mass is 535 g/mol. The van der Waals surface area contributed by atoms with Crippen LogP contribution in [0.4, 0.5) is 5.95 Å². The highest BCUT2D eigenvalue weighted by atomic mass is 31.2. The summed E-state index contributed by atoms with van der Waals surface area (Å²) >= 11 is 0. The van der Waals surface area contributed by atoms with Gasteiger partial charge in [0.15, 0.2) is 22.2 Å². The molecule has 2 aromatic rings. The van der Waals surface area contributed by atoms with Crippen molar-refractivity contribution in [2.24, 2.45) is 0 Å². The van der Waals surface area contributed by atoms with Crippen molar-refractivity contribution in [1.82, 2.24) is 19.5 Å². The fourth-order valence-corrected chi connectivity index (χ4v) is 5.84. The number of rotatable bonds is 13. The first-order chi connectivity index (χ1) is 16.5. The molecule has 0 saturated heterocycles. The van der Waals surface area contributed by atoms with Gasteiger partial charge in [0.25, 0.3) is 5.56 Å². The van der Waals surface area contributed by atoms with E-state index in [9.17, 15) is 34.4 Å². The van der Waals surface area contributed by atoms with E-state index in [2.05, 4.69) is 15.0 Å². The summed E-state index contributed by atoms with van der Waals surface area (Å²) in [5.41, 5.74) is 0.592. The highest BCUT2D eigenvalue weighted by Gasteiger charge is 2.49. The summed E-state index contributed by atoms with van der Waals surface area (Å²) < 4.78 is 24.8. The normalized spacial score (nSPS) is 19.4. The second kappa shape index (κ2) is 10.7. The molecular weight excluding hydrogens is 497 g/mol. The first-order valence-corrected chi connectivity index (χ1v) is 13.3. The zero-order valence-corrected chi connectivity index (χ0v) is 22.3. The Morgan fingerprint density at radius 1 is 1.14 bits per heavy atom. The molecule has 0 aliphatic rings. The number of hydrogen-bond acceptors (Lipinski definition) is 10. The lowest BCUT2D eigenvalue weighted by molar-refractivity contribution is -0.183. The van der Waals surface area contributed by atoms with Crippen LogP contribution in [0.15, 0.2) is 9.59 Å². The molecule has 0 aliphatic carbocycles. The highest BCUT2D eigenvalue weighted by Crippen LogP contribution is 2.60. The molecule has 2 heterocycles. The molecule has 8 N–H and O–H groups in total. The Hall–Kier alpha value is -2.06. The van der Waals surface area contributed by atoms with Crippen LogP contribution in [-0.2, 0) is 19.6 Å². The summed E-state index contributed by atoms with van der Waals surface area (Å²) in [5.74, 6) is -0.267. The third kappa shape index (κ3) is 5.44. The lowest BCUT2D eigenvalue weighted by Gasteiger charge is -2.39. The van der Waals surface area contributed by atoms with Gasteiger partial charge < -0.3 is 35.2 Å². The second-order valence-electron chi connectivity index (χ2n) is 9.33. The largest absolute Gasteiger partial charge is 0.390 e. The van der Waals surface area contributed by atoms with E-state index in [-0.39, 0.29) is 49.2 Å². The van der Waals surface area contributed by atoms with Gasteiger partial charge in [-0.05, 0) is 46.0 Å². The van der Waals surface area contributed by atoms with E-state index in [1.54, 1.807) is 27.7 Å². The lowest BCUT2D eigenvalue weighted by Crippen LogP contribution is -2.53. The maximum Gasteiger partial charge on any atom is 0.359 e. The molecule has 0 bridgehead atoms. The van der Waals surface area contributed by atoms with Crippen molar-refractivity contribution >= 4 is 24.7 Å². The number of fused-ring (bicyclic) bond motifs is 1. The van der Waals surface area contributed by atoms with Crippen LogP contribution in [0.2, 0.25) is 0 Å². The molecule has 14 nitrogen and oxygen atoms in total. The van der Waals surface area contributed by atoms with E-state index in [0.717, 1.165) is 4.57 Å². The number of nitrogens with zero attached hydrogens (tertiary/aromatic N) is 2. The van der Waals surface area contributed by atoms with Gasteiger partial charge in [-0.1, -0.05) is 20.8 Å². The fourth-order valence-electron chi connectivity index (χ4n) is 4.06. The van der Waals surface area contributed by atoms with E-state index >= 15 is 0 Å². The highest BCUT2D eigenvalue weighted by molar-refractivity contribution is 7.54. The van der Waals surface area contributed by atoms with E-state index in [1.807, 2.05) is 0 Å². The van der Waals surface area contributed by atoms with Gasteiger partial charge >= 0.3 is 13.3 Å². The van der Waals surface area contributed by atoms with E-state index < -0.39 is 47.7 Å². The average Bonchev–Trinajstić information content (AvgIpc) is 3.17. The Morgan fingerprint density at radius 2 is 1.72 bits per heavy atom. The van der Waals surface area contributed by atoms with Crippen LogP contribution in [0.5, 0.6) is 0 Å². The van der Waals surface area contributed by atoms with Gasteiger partial charge in [-0.25, -0.2) is 9.36 Å². The van der Waals surface area contributed by atoms with Crippen molar-refractivity contribution in [1.29, 1.82) is 0 Å². The summed E-state index contributed by atoms with van der Waals surface area (Å²) in [5, 5.41) is 30.6. The molecule has 206 valence electrons. The predicted molar refractivity (Wildman–Crippen MR) is 132 cm³/mol. The van der Waals surface area contributed by atoms with Gasteiger partial charge in [0.2, 0.25) is 5.95 Å². The molecule has 2 unspecified atom stereocenters. The van der Waals surface area contributed by atoms with Crippen LogP contribution in [0, 0.1) is 0 Å². The number of nitrogens with one attached hydrogen (secondary N) is 2. The number of nitrogens with two attached hydrogens (primary N) is 1. The minimum absolute atomic E-state index is 0.00532. The van der Waals surface area contributed by atoms with Crippen LogP contribution >= 0.6 is 7.60 Å². The number of nitrogen functional groups attached to an aromatic ring is 1. The number of anilines is 1. The molecule has 0 aromatic carbocycles. The summed E-state index contributed by atoms with van der Waals surface area (Å²) in [4.78, 5) is 44.0. The molecule has 36 heavy (non-hydrogen) atoms. The van der Waals surface area contributed by atoms with Crippen molar-refractivity contribution in [2.75, 3.05) is 12.8 Å². The maximum atomic E-state index is 12.9. The molecule has 0 saturated carbocycles. The molecule has 0 amide bonds. The van der Waals surface area contributed by atoms with E-state index in [1.165, 1.54) is 14.0 Å². The molecule has 5 atom stereocenters. The van der Waals surface area contributed by atoms with Crippen molar-refractivity contribution in [3.63, 3.8) is 0 Å². The molecule has 0 spiro atoms. The number of imidazole rings is 1. The van der Waals surface area contributed by atoms with Crippen molar-refractivity contribution < 1.29 is 34.0 Å². The zero-order chi connectivity index (χ0) is 27.7. The Labute approximate surface area is 208 Å². The first-order valence-electron chi connectivity index (χ1n) is 11.7. The smallest absolute Gasteiger partial charge is 0.359 e. The Kier molecular flexibility index (Phi) is 9.00. The minimum atomic E-state index is -4.47. The van der Waals surface area contributed by atoms with Gasteiger partial charge in [0, 0.05) is 7.11 Å². The van der Waals surface area contributed by atoms with Gasteiger partial charge in [-0.3, -0.25) is 19.3 Å². The standard InChI is InChI=1S/C21H38N5O9P/c1-7-19(4,35-36(32,33)21(31,8-2)9-3)11-10-12(27)14(28)20(5,34-6)26-15-13(23-18(26)30)16(29)25-17(22)24-15/h12,14,27-28,31H,7-11H2,1-6H3,(H,23,30)(H,32,33)(H3,22,24,25,29)/t12-,14-,19?,20+/m1/s1. The number of aromatic nitrogens is 4. The zero-order valence-electron chi connectivity index (χ0n) is 21.4. The topological polar surface area (TPSA) is 226 Å². The Balaban J connectivity index is 2.34. The van der Waals surface area contributed by atoms with Crippen LogP contribution in [0.1, 0.15) is 66.7 Å². The predicted octanol–water partition coefficient (Wildman–Crippen LogP) is 0.696. The number of aliphatic hydroxyl groups excluding tert-OH is 2. The molecule has 2 rings (SSSR count). The Morgan fingerprint density at radius 3 is 2.22 bits per heavy atom. The molecule has 15 heteroatoms. The van der Waals surface area contributed by atoms with Crippen LogP contribution < -0.4 is 17.0 Å². The SMILES string of the molecule is CCC(C)(CC[C@@H](O)[C@@H](O)[C@](C)(OC)n1c(=O)[nH]c2c(=O)[nH]c(N)nc21)OP(=O)(O)C(O)(CC)CC. The first kappa shape index (κ1) is 30.2. The van der Waals surface area contributed by atoms with Crippen molar-refractivity contribution in [2.45, 2.75) is 95.6 Å². The second-order valence-corrected chi connectivity index (χ2v) is 11.4. The Bertz CT molecular complexity index is 1220. The molecule has 0 aliphatic heterocycles. The average molecular weight is 536 g/mol. The van der Waals surface area contributed by atoms with Gasteiger partial charge in [-0.2, -0.15) is 4.98 Å². The lowest BCUT2D eigenvalue weighted by atomic mass is 9.91. The van der Waals surface area contributed by atoms with Gasteiger partial charge in [-0.15, -0.1) is 0 Å². The summed E-state index contributed by atoms with van der Waals surface area (Å²) in [6, 6.07) is 0. The third-order valence-electron chi connectivity index (χ3n) is 7.06. The van der Waals surface area contributed by atoms with Gasteiger partial charge in [0.05, 0.1) is 11.7 Å². The number of aromatic amines is 2. The van der Waals surface area contributed by atoms with Crippen LogP contribution in [0.25, 0.3) is 11.2 Å². The fraction of sp³-hybridized carbons (Fsp3) is 0.762. The van der Waals surface area contributed by atoms with Crippen molar-refractivity contribution in [3.8, 4) is 0 Å². The van der Waals surface area contributed by atoms with Crippen molar-refractivity contribution in [3.05, 3.63) is 20.8 Å². The number of methoxy groups -OCH3 is 1. The van der Waals surface area contributed by atoms with Crippen LogP contribution in [-0.4, -0.2) is 70.0 Å². The number of aliphatic hydroxyl groups is 3. The van der Waals surface area contributed by atoms with E-state index in [4.69, 9.17) is 15.0 Å². The third-order valence-corrected chi connectivity index (χ3v) is 9.43. The summed E-state index contributed by atoms with van der Waals surface area (Å²) in [6.45, 7) is 7.77. The number of H-pyrrole nitrogens is 2. The molecular formula is C21H38N5O9P. The minimum Gasteiger partial charge on any atom is -0.390 e. The molecule has 0 radical (unpaired) electrons. The maximum absolute atomic E-state index is 12.9. The summed E-state index contributed by atoms with van der Waals surface area (Å²) in [6.07, 6.45) is -3.06. The number of ether oxygens (including phenoxy) is 1. The van der Waals surface area contributed by atoms with Crippen LogP contribution in [0.3, 0.4) is 0 Å².